The summed E-state index contributed by atoms with van der Waals surface area (Å²) in [7, 11) is 0. The number of nitrogens with zero attached hydrogens (tertiary/aromatic N) is 1. The van der Waals surface area contributed by atoms with Crippen LogP contribution in [0.5, 0.6) is 0 Å². The Labute approximate surface area is 115 Å². The minimum absolute atomic E-state index is 1.06. The minimum Gasteiger partial charge on any atom is -0.384 e. The Kier molecular flexibility index (Phi) is 3.99. The molecule has 0 amide bonds. The van der Waals surface area contributed by atoms with Gasteiger partial charge in [-0.2, -0.15) is 0 Å². The average Bonchev–Trinajstić information content (AvgIpc) is 2.97. The third-order valence-electron chi connectivity index (χ3n) is 3.95. The Morgan fingerprint density at radius 3 is 2.63 bits per heavy atom. The van der Waals surface area contributed by atoms with Crippen LogP contribution >= 0.6 is 0 Å². The standard InChI is InChI=1S/C17H22N2/c1-2-9-16-15(7-1)8-5-10-17(16)18-11-6-14-19-12-3-4-13-19/h1-2,5,7-10,18H,3-4,6,11-14H2. The van der Waals surface area contributed by atoms with E-state index in [4.69, 9.17) is 0 Å². The van der Waals surface area contributed by atoms with Crippen molar-refractivity contribution in [2.75, 3.05) is 31.5 Å². The lowest BCUT2D eigenvalue weighted by Gasteiger charge is -2.15. The molecular formula is C17H22N2. The van der Waals surface area contributed by atoms with Gasteiger partial charge in [0.25, 0.3) is 0 Å². The van der Waals surface area contributed by atoms with Crippen LogP contribution in [0.15, 0.2) is 42.5 Å². The average molecular weight is 254 g/mol. The van der Waals surface area contributed by atoms with E-state index in [1.165, 1.54) is 55.4 Å². The van der Waals surface area contributed by atoms with Crippen molar-refractivity contribution in [1.29, 1.82) is 0 Å². The predicted octanol–water partition coefficient (Wildman–Crippen LogP) is 3.74. The number of hydrogen-bond donors (Lipinski definition) is 1. The van der Waals surface area contributed by atoms with Crippen molar-refractivity contribution in [3.05, 3.63) is 42.5 Å². The quantitative estimate of drug-likeness (QED) is 0.818. The highest BCUT2D eigenvalue weighted by molar-refractivity contribution is 5.93. The zero-order valence-electron chi connectivity index (χ0n) is 11.4. The van der Waals surface area contributed by atoms with Crippen LogP contribution in [-0.2, 0) is 0 Å². The molecule has 1 fully saturated rings. The van der Waals surface area contributed by atoms with Crippen LogP contribution in [0.3, 0.4) is 0 Å². The molecule has 2 aromatic carbocycles. The molecule has 1 heterocycles. The van der Waals surface area contributed by atoms with E-state index in [0.717, 1.165) is 6.54 Å². The van der Waals surface area contributed by atoms with Gasteiger partial charge in [-0.1, -0.05) is 36.4 Å². The van der Waals surface area contributed by atoms with Crippen LogP contribution in [0.25, 0.3) is 10.8 Å². The fraction of sp³-hybridized carbons (Fsp3) is 0.412. The van der Waals surface area contributed by atoms with E-state index >= 15 is 0 Å². The maximum atomic E-state index is 3.58. The first-order valence-corrected chi connectivity index (χ1v) is 7.37. The minimum atomic E-state index is 1.06. The Morgan fingerprint density at radius 1 is 0.947 bits per heavy atom. The first kappa shape index (κ1) is 12.5. The third-order valence-corrected chi connectivity index (χ3v) is 3.95. The number of likely N-dealkylation sites (tertiary alicyclic amines) is 1. The van der Waals surface area contributed by atoms with Crippen LogP contribution in [0, 0.1) is 0 Å². The summed E-state index contributed by atoms with van der Waals surface area (Å²) in [4.78, 5) is 2.57. The zero-order chi connectivity index (χ0) is 12.9. The second-order valence-electron chi connectivity index (χ2n) is 5.36. The van der Waals surface area contributed by atoms with Gasteiger partial charge in [-0.3, -0.25) is 0 Å². The first-order valence-electron chi connectivity index (χ1n) is 7.37. The Balaban J connectivity index is 1.56. The van der Waals surface area contributed by atoms with Gasteiger partial charge < -0.3 is 10.2 Å². The van der Waals surface area contributed by atoms with E-state index in [0.29, 0.717) is 0 Å². The van der Waals surface area contributed by atoms with E-state index in [2.05, 4.69) is 52.7 Å². The van der Waals surface area contributed by atoms with Gasteiger partial charge in [0.1, 0.15) is 0 Å². The van der Waals surface area contributed by atoms with Crippen molar-refractivity contribution in [3.63, 3.8) is 0 Å². The van der Waals surface area contributed by atoms with E-state index < -0.39 is 0 Å². The summed E-state index contributed by atoms with van der Waals surface area (Å²) in [6.45, 7) is 4.89. The van der Waals surface area contributed by atoms with Crippen molar-refractivity contribution in [2.45, 2.75) is 19.3 Å². The largest absolute Gasteiger partial charge is 0.384 e. The van der Waals surface area contributed by atoms with E-state index in [9.17, 15) is 0 Å². The molecule has 2 nitrogen and oxygen atoms in total. The van der Waals surface area contributed by atoms with Gasteiger partial charge >= 0.3 is 0 Å². The molecule has 0 bridgehead atoms. The second kappa shape index (κ2) is 6.07. The van der Waals surface area contributed by atoms with Crippen molar-refractivity contribution < 1.29 is 0 Å². The van der Waals surface area contributed by atoms with Gasteiger partial charge in [0, 0.05) is 17.6 Å². The smallest absolute Gasteiger partial charge is 0.0419 e. The van der Waals surface area contributed by atoms with Gasteiger partial charge in [0.2, 0.25) is 0 Å². The molecule has 1 saturated heterocycles. The summed E-state index contributed by atoms with van der Waals surface area (Å²) in [6.07, 6.45) is 4.00. The molecule has 0 radical (unpaired) electrons. The summed E-state index contributed by atoms with van der Waals surface area (Å²) in [5.74, 6) is 0. The van der Waals surface area contributed by atoms with Crippen molar-refractivity contribution >= 4 is 16.5 Å². The molecule has 0 unspecified atom stereocenters. The molecule has 2 heteroatoms. The number of rotatable bonds is 5. The first-order chi connectivity index (χ1) is 9.43. The number of fused-ring (bicyclic) bond motifs is 1. The monoisotopic (exact) mass is 254 g/mol. The lowest BCUT2D eigenvalue weighted by atomic mass is 10.1. The van der Waals surface area contributed by atoms with Gasteiger partial charge in [-0.15, -0.1) is 0 Å². The summed E-state index contributed by atoms with van der Waals surface area (Å²) < 4.78 is 0. The third kappa shape index (κ3) is 3.07. The molecule has 100 valence electrons. The SMILES string of the molecule is c1ccc2c(NCCCN3CCCC3)cccc2c1. The molecule has 2 aromatic rings. The molecule has 0 saturated carbocycles. The topological polar surface area (TPSA) is 15.3 Å². The fourth-order valence-corrected chi connectivity index (χ4v) is 2.91. The molecule has 0 spiro atoms. The molecular weight excluding hydrogens is 232 g/mol. The summed E-state index contributed by atoms with van der Waals surface area (Å²) in [5.41, 5.74) is 1.26. The van der Waals surface area contributed by atoms with E-state index in [1.807, 2.05) is 0 Å². The number of hydrogen-bond acceptors (Lipinski definition) is 2. The van der Waals surface area contributed by atoms with Gasteiger partial charge in [0.05, 0.1) is 0 Å². The molecule has 1 aliphatic rings. The zero-order valence-corrected chi connectivity index (χ0v) is 11.4. The predicted molar refractivity (Wildman–Crippen MR) is 82.7 cm³/mol. The number of nitrogens with one attached hydrogen (secondary N) is 1. The Hall–Kier alpha value is -1.54. The summed E-state index contributed by atoms with van der Waals surface area (Å²) >= 11 is 0. The number of benzene rings is 2. The van der Waals surface area contributed by atoms with Gasteiger partial charge in [0.15, 0.2) is 0 Å². The van der Waals surface area contributed by atoms with E-state index in [1.54, 1.807) is 0 Å². The molecule has 1 aliphatic heterocycles. The lowest BCUT2D eigenvalue weighted by molar-refractivity contribution is 0.337. The second-order valence-corrected chi connectivity index (χ2v) is 5.36. The Bertz CT molecular complexity index is 524. The maximum absolute atomic E-state index is 3.58. The molecule has 0 atom stereocenters. The van der Waals surface area contributed by atoms with Crippen LogP contribution in [0.4, 0.5) is 5.69 Å². The number of anilines is 1. The van der Waals surface area contributed by atoms with Crippen LogP contribution < -0.4 is 5.32 Å². The molecule has 1 N–H and O–H groups in total. The van der Waals surface area contributed by atoms with E-state index in [-0.39, 0.29) is 0 Å². The molecule has 0 aromatic heterocycles. The van der Waals surface area contributed by atoms with Crippen LogP contribution in [0.1, 0.15) is 19.3 Å². The summed E-state index contributed by atoms with van der Waals surface area (Å²) in [5, 5.41) is 6.22. The normalized spacial score (nSPS) is 16.0. The van der Waals surface area contributed by atoms with Crippen molar-refractivity contribution in [1.82, 2.24) is 4.90 Å². The maximum Gasteiger partial charge on any atom is 0.0419 e. The molecule has 0 aliphatic carbocycles. The highest BCUT2D eigenvalue weighted by Gasteiger charge is 2.10. The van der Waals surface area contributed by atoms with Crippen LogP contribution in [0.2, 0.25) is 0 Å². The highest BCUT2D eigenvalue weighted by atomic mass is 15.1. The van der Waals surface area contributed by atoms with Crippen LogP contribution in [-0.4, -0.2) is 31.1 Å². The summed E-state index contributed by atoms with van der Waals surface area (Å²) in [6, 6.07) is 15.0. The van der Waals surface area contributed by atoms with Crippen molar-refractivity contribution in [3.8, 4) is 0 Å². The lowest BCUT2D eigenvalue weighted by Crippen LogP contribution is -2.22. The molecule has 19 heavy (non-hydrogen) atoms. The molecule has 3 rings (SSSR count). The fourth-order valence-electron chi connectivity index (χ4n) is 2.91. The highest BCUT2D eigenvalue weighted by Crippen LogP contribution is 2.22. The van der Waals surface area contributed by atoms with Gasteiger partial charge in [-0.05, 0) is 50.3 Å². The van der Waals surface area contributed by atoms with Gasteiger partial charge in [-0.25, -0.2) is 0 Å². The Morgan fingerprint density at radius 2 is 1.74 bits per heavy atom. The van der Waals surface area contributed by atoms with Crippen molar-refractivity contribution in [2.24, 2.45) is 0 Å².